The van der Waals surface area contributed by atoms with Crippen molar-refractivity contribution in [2.45, 2.75) is 44.3 Å². The Morgan fingerprint density at radius 3 is 2.76 bits per heavy atom. The van der Waals surface area contributed by atoms with Crippen LogP contribution in [0.3, 0.4) is 0 Å². The summed E-state index contributed by atoms with van der Waals surface area (Å²) in [5.41, 5.74) is 0.302. The predicted molar refractivity (Wildman–Crippen MR) is 91.4 cm³/mol. The number of imidazole rings is 1. The molecule has 2 aromatic rings. The minimum Gasteiger partial charge on any atom is -0.348 e. The first-order valence-corrected chi connectivity index (χ1v) is 9.54. The predicted octanol–water partition coefficient (Wildman–Crippen LogP) is 1.18. The quantitative estimate of drug-likeness (QED) is 0.880. The summed E-state index contributed by atoms with van der Waals surface area (Å²) in [5.74, 6) is 0.304. The highest BCUT2D eigenvalue weighted by Gasteiger charge is 2.36. The van der Waals surface area contributed by atoms with Gasteiger partial charge < -0.3 is 9.88 Å². The number of rotatable bonds is 4. The van der Waals surface area contributed by atoms with Crippen molar-refractivity contribution in [1.29, 1.82) is 0 Å². The molecule has 25 heavy (non-hydrogen) atoms. The molecule has 0 aromatic carbocycles. The van der Waals surface area contributed by atoms with Crippen LogP contribution < -0.4 is 5.32 Å². The van der Waals surface area contributed by atoms with Crippen molar-refractivity contribution in [3.05, 3.63) is 42.2 Å². The summed E-state index contributed by atoms with van der Waals surface area (Å²) in [6.45, 7) is 6.28. The minimum atomic E-state index is -3.67. The van der Waals surface area contributed by atoms with E-state index in [9.17, 15) is 13.2 Å². The molecule has 0 aliphatic carbocycles. The van der Waals surface area contributed by atoms with Gasteiger partial charge in [0.25, 0.3) is 5.91 Å². The largest absolute Gasteiger partial charge is 0.348 e. The van der Waals surface area contributed by atoms with Crippen LogP contribution in [0, 0.1) is 0 Å². The van der Waals surface area contributed by atoms with Crippen molar-refractivity contribution in [1.82, 2.24) is 24.2 Å². The molecule has 0 saturated carbocycles. The number of hydrogen-bond acceptors (Lipinski definition) is 5. The van der Waals surface area contributed by atoms with E-state index in [1.807, 2.05) is 18.4 Å². The molecule has 3 rings (SSSR count). The molecule has 0 bridgehead atoms. The lowest BCUT2D eigenvalue weighted by molar-refractivity contribution is 0.0938. The number of carbonyl (C=O) groups is 1. The molecule has 1 aliphatic heterocycles. The van der Waals surface area contributed by atoms with Gasteiger partial charge in [0.05, 0.1) is 6.04 Å². The van der Waals surface area contributed by atoms with Crippen molar-refractivity contribution < 1.29 is 13.2 Å². The third-order valence-electron chi connectivity index (χ3n) is 4.07. The van der Waals surface area contributed by atoms with Gasteiger partial charge in [-0.2, -0.15) is 4.31 Å². The van der Waals surface area contributed by atoms with Crippen molar-refractivity contribution in [2.24, 2.45) is 0 Å². The second-order valence-corrected chi connectivity index (χ2v) is 8.18. The third-order valence-corrected chi connectivity index (χ3v) is 6.02. The standard InChI is InChI=1S/C16H21N5O3S/c1-11(2)18-16(22)14-10-20-7-8-21(12(3)15(20)19-14)25(23,24)13-5-4-6-17-9-13/h4-6,9-12H,7-8H2,1-3H3,(H,18,22). The summed E-state index contributed by atoms with van der Waals surface area (Å²) < 4.78 is 29.0. The van der Waals surface area contributed by atoms with Gasteiger partial charge in [0.1, 0.15) is 16.4 Å². The fourth-order valence-electron chi connectivity index (χ4n) is 2.88. The van der Waals surface area contributed by atoms with Gasteiger partial charge >= 0.3 is 0 Å². The van der Waals surface area contributed by atoms with Crippen molar-refractivity contribution in [2.75, 3.05) is 6.54 Å². The fraction of sp³-hybridized carbons (Fsp3) is 0.438. The zero-order valence-electron chi connectivity index (χ0n) is 14.4. The SMILES string of the molecule is CC(C)NC(=O)c1cn2c(n1)C(C)N(S(=O)(=O)c1cccnc1)CC2. The Bertz CT molecular complexity index is 876. The number of amides is 1. The molecule has 9 heteroatoms. The van der Waals surface area contributed by atoms with Crippen LogP contribution in [-0.2, 0) is 16.6 Å². The molecule has 1 aliphatic rings. The number of nitrogens with one attached hydrogen (secondary N) is 1. The Morgan fingerprint density at radius 1 is 1.36 bits per heavy atom. The maximum absolute atomic E-state index is 12.9. The summed E-state index contributed by atoms with van der Waals surface area (Å²) >= 11 is 0. The smallest absolute Gasteiger partial charge is 0.271 e. The number of nitrogens with zero attached hydrogens (tertiary/aromatic N) is 4. The van der Waals surface area contributed by atoms with Crippen LogP contribution in [0.5, 0.6) is 0 Å². The first kappa shape index (κ1) is 17.6. The van der Waals surface area contributed by atoms with Crippen molar-refractivity contribution in [3.63, 3.8) is 0 Å². The maximum Gasteiger partial charge on any atom is 0.271 e. The van der Waals surface area contributed by atoms with Crippen LogP contribution in [0.2, 0.25) is 0 Å². The van der Waals surface area contributed by atoms with E-state index in [4.69, 9.17) is 0 Å². The first-order chi connectivity index (χ1) is 11.8. The highest BCUT2D eigenvalue weighted by molar-refractivity contribution is 7.89. The number of fused-ring (bicyclic) bond motifs is 1. The monoisotopic (exact) mass is 363 g/mol. The maximum atomic E-state index is 12.9. The lowest BCUT2D eigenvalue weighted by atomic mass is 10.2. The van der Waals surface area contributed by atoms with E-state index in [0.29, 0.717) is 24.6 Å². The van der Waals surface area contributed by atoms with Crippen LogP contribution in [-0.4, -0.2) is 45.8 Å². The van der Waals surface area contributed by atoms with E-state index in [1.165, 1.54) is 22.8 Å². The molecule has 1 amide bonds. The summed E-state index contributed by atoms with van der Waals surface area (Å²) in [5, 5.41) is 2.80. The number of carbonyl (C=O) groups excluding carboxylic acids is 1. The van der Waals surface area contributed by atoms with Gasteiger partial charge in [0, 0.05) is 37.7 Å². The lowest BCUT2D eigenvalue weighted by Crippen LogP contribution is -2.41. The second-order valence-electron chi connectivity index (χ2n) is 6.29. The highest BCUT2D eigenvalue weighted by Crippen LogP contribution is 2.30. The molecule has 0 radical (unpaired) electrons. The number of aromatic nitrogens is 3. The van der Waals surface area contributed by atoms with E-state index in [0.717, 1.165) is 0 Å². The minimum absolute atomic E-state index is 0.00566. The summed E-state index contributed by atoms with van der Waals surface area (Å²) in [6.07, 6.45) is 4.55. The van der Waals surface area contributed by atoms with Crippen LogP contribution >= 0.6 is 0 Å². The molecular weight excluding hydrogens is 342 g/mol. The molecule has 0 saturated heterocycles. The van der Waals surface area contributed by atoms with Crippen LogP contribution in [0.1, 0.15) is 43.1 Å². The molecule has 3 heterocycles. The molecule has 134 valence electrons. The fourth-order valence-corrected chi connectivity index (χ4v) is 4.43. The second kappa shape index (κ2) is 6.57. The average Bonchev–Trinajstić information content (AvgIpc) is 3.00. The topological polar surface area (TPSA) is 97.2 Å². The Morgan fingerprint density at radius 2 is 2.12 bits per heavy atom. The molecule has 1 N–H and O–H groups in total. The van der Waals surface area contributed by atoms with E-state index in [2.05, 4.69) is 15.3 Å². The molecule has 0 fully saturated rings. The van der Waals surface area contributed by atoms with Gasteiger partial charge in [-0.25, -0.2) is 13.4 Å². The number of hydrogen-bond donors (Lipinski definition) is 1. The normalized spacial score (nSPS) is 18.2. The molecular formula is C16H21N5O3S. The molecule has 2 aromatic heterocycles. The summed E-state index contributed by atoms with van der Waals surface area (Å²) in [4.78, 5) is 20.6. The average molecular weight is 363 g/mol. The summed E-state index contributed by atoms with van der Waals surface area (Å²) in [7, 11) is -3.67. The molecule has 8 nitrogen and oxygen atoms in total. The van der Waals surface area contributed by atoms with E-state index in [-0.39, 0.29) is 16.8 Å². The Balaban J connectivity index is 1.90. The van der Waals surface area contributed by atoms with Gasteiger partial charge in [-0.1, -0.05) is 0 Å². The highest BCUT2D eigenvalue weighted by atomic mass is 32.2. The Kier molecular flexibility index (Phi) is 4.61. The van der Waals surface area contributed by atoms with Crippen molar-refractivity contribution in [3.8, 4) is 0 Å². The Hall–Kier alpha value is -2.26. The van der Waals surface area contributed by atoms with E-state index in [1.54, 1.807) is 19.2 Å². The van der Waals surface area contributed by atoms with Gasteiger partial charge in [0.15, 0.2) is 0 Å². The van der Waals surface area contributed by atoms with Gasteiger partial charge in [-0.15, -0.1) is 0 Å². The number of sulfonamides is 1. The third kappa shape index (κ3) is 3.29. The Labute approximate surface area is 146 Å². The molecule has 0 spiro atoms. The number of pyridine rings is 1. The summed E-state index contributed by atoms with van der Waals surface area (Å²) in [6, 6.07) is 2.65. The van der Waals surface area contributed by atoms with Gasteiger partial charge in [-0.3, -0.25) is 9.78 Å². The zero-order valence-corrected chi connectivity index (χ0v) is 15.2. The van der Waals surface area contributed by atoms with Crippen LogP contribution in [0.4, 0.5) is 0 Å². The first-order valence-electron chi connectivity index (χ1n) is 8.10. The zero-order chi connectivity index (χ0) is 18.2. The van der Waals surface area contributed by atoms with Gasteiger partial charge in [0.2, 0.25) is 10.0 Å². The van der Waals surface area contributed by atoms with Crippen molar-refractivity contribution >= 4 is 15.9 Å². The molecule has 1 unspecified atom stereocenters. The van der Waals surface area contributed by atoms with E-state index < -0.39 is 16.1 Å². The van der Waals surface area contributed by atoms with Crippen LogP contribution in [0.15, 0.2) is 35.6 Å². The lowest BCUT2D eigenvalue weighted by Gasteiger charge is -2.32. The van der Waals surface area contributed by atoms with Gasteiger partial charge in [-0.05, 0) is 32.9 Å². The molecule has 1 atom stereocenters. The van der Waals surface area contributed by atoms with Crippen LogP contribution in [0.25, 0.3) is 0 Å². The van der Waals surface area contributed by atoms with E-state index >= 15 is 0 Å².